The van der Waals surface area contributed by atoms with Crippen LogP contribution in [0, 0.1) is 0 Å². The largest absolute Gasteiger partial charge is 0.353 e. The first-order valence-electron chi connectivity index (χ1n) is 8.76. The molecule has 0 aliphatic carbocycles. The van der Waals surface area contributed by atoms with Crippen LogP contribution in [0.5, 0.6) is 0 Å². The van der Waals surface area contributed by atoms with Crippen molar-refractivity contribution < 1.29 is 13.2 Å². The molecule has 1 aromatic heterocycles. The molecule has 2 heterocycles. The van der Waals surface area contributed by atoms with Gasteiger partial charge in [0.15, 0.2) is 0 Å². The van der Waals surface area contributed by atoms with Gasteiger partial charge < -0.3 is 9.80 Å². The molecular formula is C19H21ClN4O3S. The summed E-state index contributed by atoms with van der Waals surface area (Å²) in [4.78, 5) is 20.8. The van der Waals surface area contributed by atoms with Crippen LogP contribution < -0.4 is 9.62 Å². The van der Waals surface area contributed by atoms with Gasteiger partial charge in [-0.25, -0.2) is 18.1 Å². The molecule has 0 spiro atoms. The Bertz CT molecular complexity index is 952. The normalized spacial score (nSPS) is 15.2. The lowest BCUT2D eigenvalue weighted by molar-refractivity contribution is -0.126. The van der Waals surface area contributed by atoms with Crippen LogP contribution in [-0.4, -0.2) is 57.4 Å². The number of halogens is 1. The van der Waals surface area contributed by atoms with E-state index in [1.807, 2.05) is 6.07 Å². The van der Waals surface area contributed by atoms with Gasteiger partial charge >= 0.3 is 0 Å². The van der Waals surface area contributed by atoms with Crippen molar-refractivity contribution in [3.05, 3.63) is 59.3 Å². The lowest BCUT2D eigenvalue weighted by Crippen LogP contribution is -2.48. The Kier molecular flexibility index (Phi) is 6.33. The fourth-order valence-corrected chi connectivity index (χ4v) is 3.70. The fourth-order valence-electron chi connectivity index (χ4n) is 2.86. The van der Waals surface area contributed by atoms with Gasteiger partial charge in [0.1, 0.15) is 5.82 Å². The Morgan fingerprint density at radius 2 is 1.79 bits per heavy atom. The molecular weight excluding hydrogens is 400 g/mol. The second kappa shape index (κ2) is 8.72. The van der Waals surface area contributed by atoms with Crippen molar-refractivity contribution in [3.63, 3.8) is 0 Å². The number of sulfonamides is 1. The molecule has 1 saturated heterocycles. The summed E-state index contributed by atoms with van der Waals surface area (Å²) in [6.07, 6.45) is 4.81. The average molecular weight is 421 g/mol. The first-order chi connectivity index (χ1) is 13.4. The van der Waals surface area contributed by atoms with Gasteiger partial charge in [-0.15, -0.1) is 0 Å². The first kappa shape index (κ1) is 20.3. The third kappa shape index (κ3) is 4.89. The number of pyridine rings is 1. The van der Waals surface area contributed by atoms with Gasteiger partial charge in [0.05, 0.1) is 9.92 Å². The number of aromatic nitrogens is 1. The molecule has 3 rings (SSSR count). The summed E-state index contributed by atoms with van der Waals surface area (Å²) in [7, 11) is -2.09. The number of carbonyl (C=O) groups excluding carboxylic acids is 1. The van der Waals surface area contributed by atoms with Gasteiger partial charge in [0.2, 0.25) is 15.9 Å². The van der Waals surface area contributed by atoms with Crippen molar-refractivity contribution in [3.8, 4) is 0 Å². The van der Waals surface area contributed by atoms with Crippen molar-refractivity contribution in [2.45, 2.75) is 4.90 Å². The van der Waals surface area contributed by atoms with Crippen LogP contribution in [0.4, 0.5) is 5.82 Å². The van der Waals surface area contributed by atoms with Gasteiger partial charge in [-0.1, -0.05) is 23.7 Å². The number of anilines is 1. The van der Waals surface area contributed by atoms with Crippen LogP contribution in [-0.2, 0) is 14.8 Å². The number of amides is 1. The lowest BCUT2D eigenvalue weighted by Gasteiger charge is -2.34. The summed E-state index contributed by atoms with van der Waals surface area (Å²) >= 11 is 5.86. The zero-order valence-corrected chi connectivity index (χ0v) is 16.9. The summed E-state index contributed by atoms with van der Waals surface area (Å²) in [5.74, 6) is 0.777. The molecule has 2 aromatic rings. The van der Waals surface area contributed by atoms with E-state index >= 15 is 0 Å². The molecule has 0 bridgehead atoms. The highest BCUT2D eigenvalue weighted by Crippen LogP contribution is 2.16. The van der Waals surface area contributed by atoms with Gasteiger partial charge in [0.25, 0.3) is 0 Å². The molecule has 1 aromatic carbocycles. The Balaban J connectivity index is 1.56. The van der Waals surface area contributed by atoms with E-state index < -0.39 is 10.0 Å². The number of rotatable bonds is 5. The minimum absolute atomic E-state index is 0.0735. The van der Waals surface area contributed by atoms with E-state index in [1.54, 1.807) is 35.4 Å². The van der Waals surface area contributed by atoms with E-state index in [0.29, 0.717) is 31.2 Å². The van der Waals surface area contributed by atoms with Crippen LogP contribution in [0.1, 0.15) is 5.56 Å². The summed E-state index contributed by atoms with van der Waals surface area (Å²) in [5, 5.41) is 0.597. The monoisotopic (exact) mass is 420 g/mol. The van der Waals surface area contributed by atoms with Crippen LogP contribution in [0.2, 0.25) is 5.02 Å². The topological polar surface area (TPSA) is 82.6 Å². The summed E-state index contributed by atoms with van der Waals surface area (Å²) < 4.78 is 25.7. The third-order valence-corrected chi connectivity index (χ3v) is 6.16. The fraction of sp³-hybridized carbons (Fsp3) is 0.263. The van der Waals surface area contributed by atoms with E-state index in [2.05, 4.69) is 14.6 Å². The predicted molar refractivity (Wildman–Crippen MR) is 110 cm³/mol. The number of carbonyl (C=O) groups is 1. The van der Waals surface area contributed by atoms with Crippen molar-refractivity contribution in [1.82, 2.24) is 14.6 Å². The van der Waals surface area contributed by atoms with Gasteiger partial charge in [-0.3, -0.25) is 4.79 Å². The van der Waals surface area contributed by atoms with Crippen LogP contribution in [0.15, 0.2) is 53.6 Å². The summed E-state index contributed by atoms with van der Waals surface area (Å²) in [6, 6.07) is 10.0. The molecule has 0 saturated carbocycles. The number of piperazine rings is 1. The highest BCUT2D eigenvalue weighted by Gasteiger charge is 2.20. The Labute approximate surface area is 169 Å². The first-order valence-corrected chi connectivity index (χ1v) is 10.6. The van der Waals surface area contributed by atoms with E-state index in [9.17, 15) is 13.2 Å². The third-order valence-electron chi connectivity index (χ3n) is 4.50. The molecule has 1 amide bonds. The number of nitrogens with one attached hydrogen (secondary N) is 1. The van der Waals surface area contributed by atoms with Crippen molar-refractivity contribution in [1.29, 1.82) is 0 Å². The molecule has 7 nitrogen and oxygen atoms in total. The second-order valence-electron chi connectivity index (χ2n) is 6.26. The standard InChI is InChI=1S/C19H21ClN4O3S/c1-21-28(26,27)17-6-2-15(3-7-17)4-9-19(25)24-12-10-23(11-13-24)18-8-5-16(20)14-22-18/h2-9,14,21H,10-13H2,1H3/b9-4+. The highest BCUT2D eigenvalue weighted by molar-refractivity contribution is 7.89. The van der Waals surface area contributed by atoms with E-state index in [1.165, 1.54) is 25.3 Å². The van der Waals surface area contributed by atoms with Gasteiger partial charge in [-0.05, 0) is 43.0 Å². The van der Waals surface area contributed by atoms with Gasteiger partial charge in [-0.2, -0.15) is 0 Å². The molecule has 0 atom stereocenters. The number of nitrogens with zero attached hydrogens (tertiary/aromatic N) is 3. The molecule has 28 heavy (non-hydrogen) atoms. The van der Waals surface area contributed by atoms with Crippen LogP contribution in [0.25, 0.3) is 6.08 Å². The molecule has 148 valence electrons. The maximum absolute atomic E-state index is 12.4. The molecule has 1 N–H and O–H groups in total. The molecule has 1 aliphatic heterocycles. The molecule has 1 fully saturated rings. The van der Waals surface area contributed by atoms with Gasteiger partial charge in [0, 0.05) is 38.5 Å². The maximum Gasteiger partial charge on any atom is 0.246 e. The number of hydrogen-bond donors (Lipinski definition) is 1. The lowest BCUT2D eigenvalue weighted by atomic mass is 10.2. The number of hydrogen-bond acceptors (Lipinski definition) is 5. The quantitative estimate of drug-likeness (QED) is 0.748. The molecule has 0 unspecified atom stereocenters. The smallest absolute Gasteiger partial charge is 0.246 e. The van der Waals surface area contributed by atoms with Crippen molar-refractivity contribution in [2.75, 3.05) is 38.1 Å². The van der Waals surface area contributed by atoms with Crippen molar-refractivity contribution in [2.24, 2.45) is 0 Å². The second-order valence-corrected chi connectivity index (χ2v) is 8.58. The predicted octanol–water partition coefficient (Wildman–Crippen LogP) is 2.01. The van der Waals surface area contributed by atoms with E-state index in [-0.39, 0.29) is 10.8 Å². The number of benzene rings is 1. The zero-order chi connectivity index (χ0) is 20.1. The Morgan fingerprint density at radius 1 is 1.11 bits per heavy atom. The Hall–Kier alpha value is -2.42. The summed E-state index contributed by atoms with van der Waals surface area (Å²) in [6.45, 7) is 2.61. The summed E-state index contributed by atoms with van der Waals surface area (Å²) in [5.41, 5.74) is 0.757. The van der Waals surface area contributed by atoms with Crippen LogP contribution in [0.3, 0.4) is 0 Å². The average Bonchev–Trinajstić information content (AvgIpc) is 2.73. The molecule has 1 aliphatic rings. The highest BCUT2D eigenvalue weighted by atomic mass is 35.5. The Morgan fingerprint density at radius 3 is 2.36 bits per heavy atom. The van der Waals surface area contributed by atoms with E-state index in [4.69, 9.17) is 11.6 Å². The maximum atomic E-state index is 12.4. The minimum Gasteiger partial charge on any atom is -0.353 e. The SMILES string of the molecule is CNS(=O)(=O)c1ccc(/C=C/C(=O)N2CCN(c3ccc(Cl)cn3)CC2)cc1. The van der Waals surface area contributed by atoms with Crippen LogP contribution >= 0.6 is 11.6 Å². The molecule has 9 heteroatoms. The molecule has 0 radical (unpaired) electrons. The zero-order valence-electron chi connectivity index (χ0n) is 15.4. The van der Waals surface area contributed by atoms with Crippen molar-refractivity contribution >= 4 is 39.4 Å². The minimum atomic E-state index is -3.46. The van der Waals surface area contributed by atoms with E-state index in [0.717, 1.165) is 11.4 Å².